The van der Waals surface area contributed by atoms with Crippen LogP contribution >= 0.6 is 15.9 Å². The second kappa shape index (κ2) is 9.18. The van der Waals surface area contributed by atoms with Crippen LogP contribution < -0.4 is 20.1 Å². The van der Waals surface area contributed by atoms with Crippen LogP contribution in [0.1, 0.15) is 41.5 Å². The number of hydrogen-bond acceptors (Lipinski definition) is 5. The quantitative estimate of drug-likeness (QED) is 0.399. The van der Waals surface area contributed by atoms with E-state index in [-0.39, 0.29) is 17.7 Å². The number of ketones is 1. The van der Waals surface area contributed by atoms with Crippen LogP contribution in [0, 0.1) is 6.92 Å². The van der Waals surface area contributed by atoms with Gasteiger partial charge in [-0.15, -0.1) is 0 Å². The number of halogens is 1. The first-order chi connectivity index (χ1) is 16.5. The number of benzene rings is 3. The van der Waals surface area contributed by atoms with Crippen molar-refractivity contribution in [3.8, 4) is 11.5 Å². The number of hydrogen-bond donors (Lipinski definition) is 2. The highest BCUT2D eigenvalue weighted by molar-refractivity contribution is 9.10. The fraction of sp³-hybridized carbons (Fsp3) is 0.250. The third kappa shape index (κ3) is 4.07. The van der Waals surface area contributed by atoms with E-state index >= 15 is 0 Å². The van der Waals surface area contributed by atoms with E-state index < -0.39 is 0 Å². The average molecular weight is 519 g/mol. The summed E-state index contributed by atoms with van der Waals surface area (Å²) in [5.74, 6) is 1.64. The lowest BCUT2D eigenvalue weighted by Gasteiger charge is -2.30. The van der Waals surface area contributed by atoms with Gasteiger partial charge in [0.05, 0.1) is 36.1 Å². The number of methoxy groups -OCH3 is 2. The molecular formula is C28H27BrN2O3. The van der Waals surface area contributed by atoms with Gasteiger partial charge in [-0.1, -0.05) is 42.0 Å². The molecule has 34 heavy (non-hydrogen) atoms. The number of fused-ring (bicyclic) bond motifs is 1. The third-order valence-corrected chi connectivity index (χ3v) is 7.29. The molecule has 2 atom stereocenters. The van der Waals surface area contributed by atoms with Crippen molar-refractivity contribution in [3.63, 3.8) is 0 Å². The molecule has 0 aromatic heterocycles. The summed E-state index contributed by atoms with van der Waals surface area (Å²) in [6, 6.07) is 20.0. The van der Waals surface area contributed by atoms with Gasteiger partial charge in [0.25, 0.3) is 0 Å². The zero-order valence-electron chi connectivity index (χ0n) is 19.4. The molecule has 0 bridgehead atoms. The molecule has 3 aromatic rings. The zero-order valence-corrected chi connectivity index (χ0v) is 21.0. The molecule has 2 unspecified atom stereocenters. The summed E-state index contributed by atoms with van der Waals surface area (Å²) < 4.78 is 12.1. The predicted molar refractivity (Wildman–Crippen MR) is 139 cm³/mol. The van der Waals surface area contributed by atoms with Crippen molar-refractivity contribution in [3.05, 3.63) is 93.1 Å². The third-order valence-electron chi connectivity index (χ3n) is 6.67. The number of carbonyl (C=O) groups excluding carboxylic acids is 1. The van der Waals surface area contributed by atoms with E-state index in [2.05, 4.69) is 57.8 Å². The van der Waals surface area contributed by atoms with E-state index in [9.17, 15) is 4.79 Å². The fourth-order valence-corrected chi connectivity index (χ4v) is 5.39. The molecule has 5 rings (SSSR count). The highest BCUT2D eigenvalue weighted by atomic mass is 79.9. The summed E-state index contributed by atoms with van der Waals surface area (Å²) in [5, 5.41) is 7.22. The maximum absolute atomic E-state index is 13.8. The van der Waals surface area contributed by atoms with E-state index in [1.165, 1.54) is 11.1 Å². The van der Waals surface area contributed by atoms with E-state index in [4.69, 9.17) is 9.47 Å². The molecule has 0 spiro atoms. The summed E-state index contributed by atoms with van der Waals surface area (Å²) >= 11 is 3.55. The summed E-state index contributed by atoms with van der Waals surface area (Å²) in [6.45, 7) is 2.08. The molecule has 0 fully saturated rings. The van der Waals surface area contributed by atoms with Gasteiger partial charge in [-0.3, -0.25) is 4.79 Å². The number of carbonyl (C=O) groups is 1. The van der Waals surface area contributed by atoms with Crippen LogP contribution in [0.4, 0.5) is 11.4 Å². The minimum atomic E-state index is -0.380. The molecule has 0 saturated carbocycles. The minimum Gasteiger partial charge on any atom is -0.496 e. The van der Waals surface area contributed by atoms with Gasteiger partial charge in [-0.05, 0) is 65.0 Å². The van der Waals surface area contributed by atoms with E-state index in [1.54, 1.807) is 14.2 Å². The van der Waals surface area contributed by atoms with Crippen molar-refractivity contribution in [2.24, 2.45) is 0 Å². The number of rotatable bonds is 4. The monoisotopic (exact) mass is 518 g/mol. The highest BCUT2D eigenvalue weighted by Crippen LogP contribution is 2.47. The van der Waals surface area contributed by atoms with E-state index in [0.717, 1.165) is 39.1 Å². The van der Waals surface area contributed by atoms with Crippen molar-refractivity contribution in [1.29, 1.82) is 0 Å². The lowest BCUT2D eigenvalue weighted by molar-refractivity contribution is -0.116. The Balaban J connectivity index is 1.65. The highest BCUT2D eigenvalue weighted by Gasteiger charge is 2.37. The second-order valence-corrected chi connectivity index (χ2v) is 9.66. The molecule has 5 nitrogen and oxygen atoms in total. The summed E-state index contributed by atoms with van der Waals surface area (Å²) in [6.07, 6.45) is 1.22. The number of para-hydroxylation sites is 2. The van der Waals surface area contributed by atoms with Crippen LogP contribution in [0.15, 0.2) is 76.4 Å². The van der Waals surface area contributed by atoms with Gasteiger partial charge < -0.3 is 20.1 Å². The molecule has 0 saturated heterocycles. The molecule has 3 aromatic carbocycles. The molecule has 2 aliphatic rings. The maximum atomic E-state index is 13.8. The molecule has 1 aliphatic carbocycles. The minimum absolute atomic E-state index is 0.131. The SMILES string of the molecule is COc1cc(C2Nc3ccccc3NC3=C2C(=O)CC(c2ccc(C)cc2)C3)c(OC)cc1Br. The van der Waals surface area contributed by atoms with Gasteiger partial charge >= 0.3 is 0 Å². The Bertz CT molecular complexity index is 1280. The predicted octanol–water partition coefficient (Wildman–Crippen LogP) is 6.75. The van der Waals surface area contributed by atoms with Crippen molar-refractivity contribution < 1.29 is 14.3 Å². The molecular weight excluding hydrogens is 492 g/mol. The van der Waals surface area contributed by atoms with Crippen LogP contribution in [0.3, 0.4) is 0 Å². The molecule has 0 amide bonds. The van der Waals surface area contributed by atoms with E-state index in [0.29, 0.717) is 17.9 Å². The lowest BCUT2D eigenvalue weighted by Crippen LogP contribution is -2.27. The first-order valence-corrected chi connectivity index (χ1v) is 12.1. The summed E-state index contributed by atoms with van der Waals surface area (Å²) in [7, 11) is 3.28. The van der Waals surface area contributed by atoms with Gasteiger partial charge in [-0.2, -0.15) is 0 Å². The van der Waals surface area contributed by atoms with Gasteiger partial charge in [0.1, 0.15) is 11.5 Å². The zero-order chi connectivity index (χ0) is 23.8. The number of Topliss-reactive ketones (excluding diaryl/α,β-unsaturated/α-hetero) is 1. The van der Waals surface area contributed by atoms with Gasteiger partial charge in [-0.25, -0.2) is 0 Å². The van der Waals surface area contributed by atoms with Crippen molar-refractivity contribution in [2.75, 3.05) is 24.9 Å². The smallest absolute Gasteiger partial charge is 0.163 e. The van der Waals surface area contributed by atoms with Crippen molar-refractivity contribution >= 4 is 33.1 Å². The molecule has 1 heterocycles. The molecule has 1 aliphatic heterocycles. The largest absolute Gasteiger partial charge is 0.496 e. The van der Waals surface area contributed by atoms with Crippen LogP contribution in [0.5, 0.6) is 11.5 Å². The Morgan fingerprint density at radius 3 is 2.32 bits per heavy atom. The Labute approximate surface area is 208 Å². The van der Waals surface area contributed by atoms with E-state index in [1.807, 2.05) is 36.4 Å². The van der Waals surface area contributed by atoms with Crippen LogP contribution in [0.25, 0.3) is 0 Å². The summed E-state index contributed by atoms with van der Waals surface area (Å²) in [4.78, 5) is 13.8. The Kier molecular flexibility index (Phi) is 6.09. The van der Waals surface area contributed by atoms with Crippen LogP contribution in [0.2, 0.25) is 0 Å². The van der Waals surface area contributed by atoms with Gasteiger partial charge in [0, 0.05) is 23.3 Å². The Hall–Kier alpha value is -3.25. The summed E-state index contributed by atoms with van der Waals surface area (Å²) in [5.41, 5.74) is 6.86. The second-order valence-electron chi connectivity index (χ2n) is 8.81. The number of aryl methyl sites for hydroxylation is 1. The van der Waals surface area contributed by atoms with Crippen molar-refractivity contribution in [2.45, 2.75) is 31.7 Å². The van der Waals surface area contributed by atoms with Gasteiger partial charge in [0.15, 0.2) is 5.78 Å². The first kappa shape index (κ1) is 22.5. The topological polar surface area (TPSA) is 59.6 Å². The first-order valence-electron chi connectivity index (χ1n) is 11.3. The standard InChI is InChI=1S/C28H27BrN2O3/c1-16-8-10-17(11-9-16)18-12-23-27(24(32)13-18)28(31-22-7-5-4-6-21(22)30-23)19-14-26(34-3)20(29)15-25(19)33-2/h4-11,14-15,18,28,30-31H,12-13H2,1-3H3. The van der Waals surface area contributed by atoms with Crippen LogP contribution in [-0.4, -0.2) is 20.0 Å². The van der Waals surface area contributed by atoms with Gasteiger partial charge in [0.2, 0.25) is 0 Å². The Morgan fingerprint density at radius 1 is 0.912 bits per heavy atom. The van der Waals surface area contributed by atoms with Crippen molar-refractivity contribution in [1.82, 2.24) is 0 Å². The number of allylic oxidation sites excluding steroid dienone is 1. The fourth-order valence-electron chi connectivity index (χ4n) is 4.91. The maximum Gasteiger partial charge on any atom is 0.163 e. The van der Waals surface area contributed by atoms with Crippen LogP contribution in [-0.2, 0) is 4.79 Å². The number of nitrogens with one attached hydrogen (secondary N) is 2. The molecule has 174 valence electrons. The average Bonchev–Trinajstić information content (AvgIpc) is 3.01. The number of ether oxygens (including phenoxy) is 2. The Morgan fingerprint density at radius 2 is 1.62 bits per heavy atom. The molecule has 2 N–H and O–H groups in total. The lowest BCUT2D eigenvalue weighted by atomic mass is 9.78. The molecule has 6 heteroatoms. The normalized spacial score (nSPS) is 19.4. The number of anilines is 2. The molecule has 0 radical (unpaired) electrons.